The summed E-state index contributed by atoms with van der Waals surface area (Å²) >= 11 is 2.13. The van der Waals surface area contributed by atoms with E-state index in [0.717, 1.165) is 25.0 Å². The molecule has 1 radical (unpaired) electrons. The number of halogens is 2. The average Bonchev–Trinajstić information content (AvgIpc) is 2.89. The van der Waals surface area contributed by atoms with Gasteiger partial charge in [-0.3, -0.25) is 6.08 Å². The topological polar surface area (TPSA) is 0 Å². The molecule has 2 aliphatic carbocycles. The predicted molar refractivity (Wildman–Crippen MR) is 106 cm³/mol. The molecule has 4 heteroatoms. The molecule has 0 N–H and O–H groups in total. The molecule has 0 aromatic carbocycles. The fraction of sp³-hybridized carbons (Fsp3) is 0.636. The standard InChI is InChI=1S/C22H33S.2ClH.Ti/c1-8-23-22(16-17-11-9-10-12-17)14-13-18(20(2,3)4)15-19(22)21(5,6)7;;;/h9,11,13,15H,8,10,14,16H2,1-7H3;2*1H;/q-1;;;+3/p-2. The van der Waals surface area contributed by atoms with E-state index in [1.807, 2.05) is 0 Å². The van der Waals surface area contributed by atoms with Crippen LogP contribution in [-0.2, 0) is 21.7 Å². The minimum absolute atomic E-state index is 0. The maximum absolute atomic E-state index is 3.54. The molecule has 0 aliphatic heterocycles. The van der Waals surface area contributed by atoms with Gasteiger partial charge in [-0.2, -0.15) is 17.8 Å². The Labute approximate surface area is 193 Å². The smallest absolute Gasteiger partial charge is 1.00 e. The third-order valence-electron chi connectivity index (χ3n) is 4.78. The third kappa shape index (κ3) is 6.89. The monoisotopic (exact) mass is 447 g/mol. The van der Waals surface area contributed by atoms with E-state index < -0.39 is 0 Å². The number of hydrogen-bond acceptors (Lipinski definition) is 1. The van der Waals surface area contributed by atoms with Gasteiger partial charge in [0.25, 0.3) is 0 Å². The zero-order valence-electron chi connectivity index (χ0n) is 17.3. The molecule has 0 heterocycles. The molecule has 0 spiro atoms. The summed E-state index contributed by atoms with van der Waals surface area (Å²) < 4.78 is 0.193. The third-order valence-corrected chi connectivity index (χ3v) is 6.15. The van der Waals surface area contributed by atoms with E-state index in [-0.39, 0.29) is 62.1 Å². The van der Waals surface area contributed by atoms with E-state index in [9.17, 15) is 0 Å². The fourth-order valence-corrected chi connectivity index (χ4v) is 5.20. The summed E-state index contributed by atoms with van der Waals surface area (Å²) in [5.74, 6) is 1.16. The van der Waals surface area contributed by atoms with Gasteiger partial charge in [-0.25, -0.2) is 11.6 Å². The Morgan fingerprint density at radius 2 is 1.69 bits per heavy atom. The maximum Gasteiger partial charge on any atom is 3.00 e. The zero-order chi connectivity index (χ0) is 17.3. The first-order valence-corrected chi connectivity index (χ1v) is 9.90. The summed E-state index contributed by atoms with van der Waals surface area (Å²) in [6, 6.07) is 0. The second-order valence-corrected chi connectivity index (χ2v) is 10.5. The van der Waals surface area contributed by atoms with Crippen molar-refractivity contribution >= 4 is 11.8 Å². The number of allylic oxidation sites excluding steroid dienone is 7. The van der Waals surface area contributed by atoms with Crippen LogP contribution in [0.1, 0.15) is 67.7 Å². The largest absolute Gasteiger partial charge is 3.00 e. The van der Waals surface area contributed by atoms with E-state index >= 15 is 0 Å². The zero-order valence-corrected chi connectivity index (χ0v) is 21.2. The van der Waals surface area contributed by atoms with Crippen molar-refractivity contribution in [1.29, 1.82) is 0 Å². The summed E-state index contributed by atoms with van der Waals surface area (Å²) in [5.41, 5.74) is 4.91. The van der Waals surface area contributed by atoms with Crippen LogP contribution in [0.25, 0.3) is 0 Å². The van der Waals surface area contributed by atoms with Crippen LogP contribution >= 0.6 is 11.8 Å². The summed E-state index contributed by atoms with van der Waals surface area (Å²) in [5, 5.41) is 0. The fourth-order valence-electron chi connectivity index (χ4n) is 3.66. The first-order chi connectivity index (χ1) is 10.6. The Hall–Kier alpha value is 0.604. The van der Waals surface area contributed by atoms with Gasteiger partial charge in [0, 0.05) is 4.75 Å². The Morgan fingerprint density at radius 3 is 2.12 bits per heavy atom. The summed E-state index contributed by atoms with van der Waals surface area (Å²) in [6.45, 7) is 16.4. The van der Waals surface area contributed by atoms with E-state index in [1.54, 1.807) is 5.57 Å². The van der Waals surface area contributed by atoms with Crippen molar-refractivity contribution in [3.8, 4) is 0 Å². The van der Waals surface area contributed by atoms with Gasteiger partial charge in [-0.15, -0.1) is 6.42 Å². The normalized spacial score (nSPS) is 22.3. The van der Waals surface area contributed by atoms with Crippen molar-refractivity contribution in [3.63, 3.8) is 0 Å². The minimum atomic E-state index is 0. The molecule has 1 atom stereocenters. The van der Waals surface area contributed by atoms with Gasteiger partial charge in [-0.1, -0.05) is 60.6 Å². The average molecular weight is 448 g/mol. The molecule has 2 aliphatic rings. The first kappa shape index (κ1) is 28.8. The molecule has 0 nitrogen and oxygen atoms in total. The molecular weight excluding hydrogens is 415 g/mol. The van der Waals surface area contributed by atoms with Gasteiger partial charge in [-0.05, 0) is 40.6 Å². The Morgan fingerprint density at radius 1 is 1.08 bits per heavy atom. The Balaban J connectivity index is 0. The van der Waals surface area contributed by atoms with Crippen molar-refractivity contribution in [2.24, 2.45) is 10.8 Å². The second kappa shape index (κ2) is 11.0. The number of thioether (sulfide) groups is 1. The Kier molecular flexibility index (Phi) is 12.1. The van der Waals surface area contributed by atoms with E-state index in [2.05, 4.69) is 90.6 Å². The number of rotatable bonds is 4. The van der Waals surface area contributed by atoms with Gasteiger partial charge in [0.2, 0.25) is 0 Å². The Bertz CT molecular complexity index is 574. The van der Waals surface area contributed by atoms with Crippen molar-refractivity contribution in [2.45, 2.75) is 72.5 Å². The van der Waals surface area contributed by atoms with E-state index in [0.29, 0.717) is 0 Å². The van der Waals surface area contributed by atoms with Crippen molar-refractivity contribution in [3.05, 3.63) is 47.1 Å². The van der Waals surface area contributed by atoms with Gasteiger partial charge < -0.3 is 24.8 Å². The molecule has 145 valence electrons. The quantitative estimate of drug-likeness (QED) is 0.456. The van der Waals surface area contributed by atoms with Gasteiger partial charge in [0.15, 0.2) is 0 Å². The molecule has 0 saturated heterocycles. The molecule has 0 fully saturated rings. The summed E-state index contributed by atoms with van der Waals surface area (Å²) in [6.07, 6.45) is 16.3. The van der Waals surface area contributed by atoms with Crippen LogP contribution in [-0.4, -0.2) is 10.5 Å². The molecular formula is C22H33Cl2STi. The van der Waals surface area contributed by atoms with Gasteiger partial charge in [0.05, 0.1) is 0 Å². The maximum atomic E-state index is 3.54. The van der Waals surface area contributed by atoms with Crippen molar-refractivity contribution in [2.75, 3.05) is 5.75 Å². The molecule has 0 bridgehead atoms. The number of hydrogen-bond donors (Lipinski definition) is 0. The second-order valence-electron chi connectivity index (χ2n) is 8.83. The van der Waals surface area contributed by atoms with Crippen molar-refractivity contribution < 1.29 is 46.5 Å². The molecule has 2 rings (SSSR count). The van der Waals surface area contributed by atoms with Crippen LogP contribution in [0.15, 0.2) is 41.0 Å². The summed E-state index contributed by atoms with van der Waals surface area (Å²) in [7, 11) is 0. The molecule has 0 aromatic rings. The molecule has 0 amide bonds. The SMILES string of the molecule is CCSC1(CC2=[C-]CC=C2)CC=C(C(C)(C)C)C=C1C(C)(C)C.[Cl-].[Cl-].[Ti+3]. The summed E-state index contributed by atoms with van der Waals surface area (Å²) in [4.78, 5) is 0. The minimum Gasteiger partial charge on any atom is -1.00 e. The van der Waals surface area contributed by atoms with Crippen molar-refractivity contribution in [1.82, 2.24) is 0 Å². The molecule has 1 unspecified atom stereocenters. The molecule has 0 saturated carbocycles. The molecule has 26 heavy (non-hydrogen) atoms. The molecule has 0 aromatic heterocycles. The predicted octanol–water partition coefficient (Wildman–Crippen LogP) is 0.912. The van der Waals surface area contributed by atoms with Crippen LogP contribution in [0.3, 0.4) is 0 Å². The van der Waals surface area contributed by atoms with E-state index in [4.69, 9.17) is 0 Å². The van der Waals surface area contributed by atoms with Crippen LogP contribution in [0, 0.1) is 16.9 Å². The van der Waals surface area contributed by atoms with Crippen LogP contribution in [0.5, 0.6) is 0 Å². The van der Waals surface area contributed by atoms with Crippen LogP contribution in [0.4, 0.5) is 0 Å². The van der Waals surface area contributed by atoms with Crippen LogP contribution < -0.4 is 24.8 Å². The van der Waals surface area contributed by atoms with Crippen LogP contribution in [0.2, 0.25) is 0 Å². The van der Waals surface area contributed by atoms with E-state index in [1.165, 1.54) is 11.1 Å². The van der Waals surface area contributed by atoms with Gasteiger partial charge >= 0.3 is 21.7 Å². The first-order valence-electron chi connectivity index (χ1n) is 8.92. The van der Waals surface area contributed by atoms with Gasteiger partial charge in [0.1, 0.15) is 0 Å².